The first kappa shape index (κ1) is 14.7. The minimum atomic E-state index is -3.37. The molecule has 5 heteroatoms. The molecule has 1 N–H and O–H groups in total. The van der Waals surface area contributed by atoms with Crippen LogP contribution in [0.1, 0.15) is 18.9 Å². The van der Waals surface area contributed by atoms with Gasteiger partial charge < -0.3 is 0 Å². The average Bonchev–Trinajstić information content (AvgIpc) is 2.27. The van der Waals surface area contributed by atoms with Gasteiger partial charge in [-0.3, -0.25) is 0 Å². The number of hydrogen-bond acceptors (Lipinski definition) is 2. The fourth-order valence-electron chi connectivity index (χ4n) is 1.48. The largest absolute Gasteiger partial charge is 0.240 e. The lowest BCUT2D eigenvalue weighted by Gasteiger charge is -2.12. The summed E-state index contributed by atoms with van der Waals surface area (Å²) in [5, 5.41) is 0.889. The number of alkyl halides is 1. The van der Waals surface area contributed by atoms with Gasteiger partial charge in [0.1, 0.15) is 0 Å². The van der Waals surface area contributed by atoms with E-state index in [1.54, 1.807) is 25.1 Å². The van der Waals surface area contributed by atoms with Crippen molar-refractivity contribution in [1.82, 2.24) is 4.72 Å². The van der Waals surface area contributed by atoms with Crippen LogP contribution in [0.15, 0.2) is 29.2 Å². The van der Waals surface area contributed by atoms with Crippen LogP contribution in [-0.4, -0.2) is 20.3 Å². The van der Waals surface area contributed by atoms with E-state index in [1.165, 1.54) is 0 Å². The molecule has 17 heavy (non-hydrogen) atoms. The highest BCUT2D eigenvalue weighted by molar-refractivity contribution is 9.09. The van der Waals surface area contributed by atoms with E-state index in [-0.39, 0.29) is 0 Å². The fourth-order valence-corrected chi connectivity index (χ4v) is 3.67. The zero-order chi connectivity index (χ0) is 12.9. The molecule has 0 heterocycles. The van der Waals surface area contributed by atoms with Crippen molar-refractivity contribution >= 4 is 26.0 Å². The van der Waals surface area contributed by atoms with E-state index < -0.39 is 10.0 Å². The molecule has 0 radical (unpaired) electrons. The standard InChI is InChI=1S/C12H18BrNO2S/c1-10(7-8-13)9-14-17(15,16)12-6-4-3-5-11(12)2/h3-6,10,14H,7-9H2,1-2H3. The molecule has 0 saturated carbocycles. The second kappa shape index (κ2) is 6.52. The molecule has 1 unspecified atom stereocenters. The number of aryl methyl sites for hydroxylation is 1. The molecule has 0 fully saturated rings. The monoisotopic (exact) mass is 319 g/mol. The molecular formula is C12H18BrNO2S. The summed E-state index contributed by atoms with van der Waals surface area (Å²) in [6.07, 6.45) is 0.955. The van der Waals surface area contributed by atoms with Crippen molar-refractivity contribution in [2.45, 2.75) is 25.2 Å². The number of sulfonamides is 1. The molecule has 1 atom stereocenters. The van der Waals surface area contributed by atoms with Crippen LogP contribution in [0, 0.1) is 12.8 Å². The van der Waals surface area contributed by atoms with Gasteiger partial charge in [-0.25, -0.2) is 13.1 Å². The summed E-state index contributed by atoms with van der Waals surface area (Å²) in [7, 11) is -3.37. The van der Waals surface area contributed by atoms with Gasteiger partial charge in [0.05, 0.1) is 4.90 Å². The molecule has 0 aliphatic heterocycles. The Kier molecular flexibility index (Phi) is 5.62. The molecule has 0 aliphatic rings. The van der Waals surface area contributed by atoms with Gasteiger partial charge in [-0.1, -0.05) is 41.1 Å². The Morgan fingerprint density at radius 1 is 1.35 bits per heavy atom. The van der Waals surface area contributed by atoms with Gasteiger partial charge >= 0.3 is 0 Å². The van der Waals surface area contributed by atoms with Crippen molar-refractivity contribution in [2.24, 2.45) is 5.92 Å². The highest BCUT2D eigenvalue weighted by Gasteiger charge is 2.16. The zero-order valence-corrected chi connectivity index (χ0v) is 12.5. The van der Waals surface area contributed by atoms with E-state index in [2.05, 4.69) is 20.7 Å². The van der Waals surface area contributed by atoms with Crippen molar-refractivity contribution in [3.05, 3.63) is 29.8 Å². The summed E-state index contributed by atoms with van der Waals surface area (Å²) in [6.45, 7) is 4.31. The number of halogens is 1. The van der Waals surface area contributed by atoms with E-state index in [4.69, 9.17) is 0 Å². The van der Waals surface area contributed by atoms with Gasteiger partial charge in [-0.05, 0) is 30.9 Å². The van der Waals surface area contributed by atoms with Gasteiger partial charge in [-0.2, -0.15) is 0 Å². The maximum atomic E-state index is 12.0. The SMILES string of the molecule is Cc1ccccc1S(=O)(=O)NCC(C)CCBr. The Bertz CT molecular complexity index is 459. The van der Waals surface area contributed by atoms with E-state index in [9.17, 15) is 8.42 Å². The first-order chi connectivity index (χ1) is 7.97. The molecule has 1 aromatic carbocycles. The van der Waals surface area contributed by atoms with E-state index in [0.717, 1.165) is 17.3 Å². The summed E-state index contributed by atoms with van der Waals surface area (Å²) >= 11 is 3.35. The van der Waals surface area contributed by atoms with Crippen LogP contribution in [0.25, 0.3) is 0 Å². The third kappa shape index (κ3) is 4.41. The van der Waals surface area contributed by atoms with Crippen LogP contribution in [0.2, 0.25) is 0 Å². The van der Waals surface area contributed by atoms with Crippen molar-refractivity contribution < 1.29 is 8.42 Å². The first-order valence-corrected chi connectivity index (χ1v) is 8.19. The molecular weight excluding hydrogens is 302 g/mol. The van der Waals surface area contributed by atoms with E-state index in [0.29, 0.717) is 17.4 Å². The second-order valence-corrected chi connectivity index (χ2v) is 6.73. The number of benzene rings is 1. The van der Waals surface area contributed by atoms with Crippen LogP contribution in [0.3, 0.4) is 0 Å². The minimum Gasteiger partial charge on any atom is -0.211 e. The Morgan fingerprint density at radius 3 is 2.59 bits per heavy atom. The lowest BCUT2D eigenvalue weighted by Crippen LogP contribution is -2.29. The Labute approximate surface area is 112 Å². The molecule has 96 valence electrons. The predicted octanol–water partition coefficient (Wildman–Crippen LogP) is 2.69. The molecule has 0 bridgehead atoms. The summed E-state index contributed by atoms with van der Waals surface area (Å²) in [5.74, 6) is 0.327. The first-order valence-electron chi connectivity index (χ1n) is 5.58. The summed E-state index contributed by atoms with van der Waals surface area (Å²) in [6, 6.07) is 7.01. The minimum absolute atomic E-state index is 0.327. The van der Waals surface area contributed by atoms with Gasteiger partial charge in [0, 0.05) is 11.9 Å². The molecule has 0 aliphatic carbocycles. The quantitative estimate of drug-likeness (QED) is 0.819. The lowest BCUT2D eigenvalue weighted by molar-refractivity contribution is 0.531. The fraction of sp³-hybridized carbons (Fsp3) is 0.500. The van der Waals surface area contributed by atoms with E-state index in [1.807, 2.05) is 13.0 Å². The summed E-state index contributed by atoms with van der Waals surface area (Å²) < 4.78 is 26.7. The maximum absolute atomic E-state index is 12.0. The van der Waals surface area contributed by atoms with Crippen molar-refractivity contribution in [2.75, 3.05) is 11.9 Å². The molecule has 1 aromatic rings. The van der Waals surface area contributed by atoms with Crippen molar-refractivity contribution in [3.63, 3.8) is 0 Å². The van der Waals surface area contributed by atoms with Gasteiger partial charge in [-0.15, -0.1) is 0 Å². The number of nitrogens with one attached hydrogen (secondary N) is 1. The average molecular weight is 320 g/mol. The number of hydrogen-bond donors (Lipinski definition) is 1. The third-order valence-corrected chi connectivity index (χ3v) is 4.65. The van der Waals surface area contributed by atoms with Crippen LogP contribution in [-0.2, 0) is 10.0 Å². The highest BCUT2D eigenvalue weighted by atomic mass is 79.9. The van der Waals surface area contributed by atoms with Crippen LogP contribution >= 0.6 is 15.9 Å². The third-order valence-electron chi connectivity index (χ3n) is 2.61. The van der Waals surface area contributed by atoms with Gasteiger partial charge in [0.2, 0.25) is 10.0 Å². The molecule has 1 rings (SSSR count). The van der Waals surface area contributed by atoms with E-state index >= 15 is 0 Å². The lowest BCUT2D eigenvalue weighted by atomic mass is 10.1. The van der Waals surface area contributed by atoms with Gasteiger partial charge in [0.25, 0.3) is 0 Å². The predicted molar refractivity (Wildman–Crippen MR) is 73.9 cm³/mol. The second-order valence-electron chi connectivity index (χ2n) is 4.20. The molecule has 0 aromatic heterocycles. The Morgan fingerprint density at radius 2 is 2.00 bits per heavy atom. The van der Waals surface area contributed by atoms with Crippen LogP contribution in [0.4, 0.5) is 0 Å². The van der Waals surface area contributed by atoms with Gasteiger partial charge in [0.15, 0.2) is 0 Å². The molecule has 0 amide bonds. The summed E-state index contributed by atoms with van der Waals surface area (Å²) in [5.41, 5.74) is 0.771. The van der Waals surface area contributed by atoms with Crippen molar-refractivity contribution in [1.29, 1.82) is 0 Å². The topological polar surface area (TPSA) is 46.2 Å². The smallest absolute Gasteiger partial charge is 0.211 e. The molecule has 3 nitrogen and oxygen atoms in total. The zero-order valence-electron chi connectivity index (χ0n) is 10.1. The number of rotatable bonds is 6. The van der Waals surface area contributed by atoms with Crippen LogP contribution in [0.5, 0.6) is 0 Å². The normalized spacial score (nSPS) is 13.6. The molecule has 0 spiro atoms. The Hall–Kier alpha value is -0.390. The van der Waals surface area contributed by atoms with Crippen molar-refractivity contribution in [3.8, 4) is 0 Å². The Balaban J connectivity index is 2.73. The maximum Gasteiger partial charge on any atom is 0.240 e. The summed E-state index contributed by atoms with van der Waals surface area (Å²) in [4.78, 5) is 0.367. The highest BCUT2D eigenvalue weighted by Crippen LogP contribution is 2.14. The van der Waals surface area contributed by atoms with Crippen LogP contribution < -0.4 is 4.72 Å². The molecule has 0 saturated heterocycles.